The molecule has 2 aromatic rings. The molecule has 0 saturated heterocycles. The summed E-state index contributed by atoms with van der Waals surface area (Å²) < 4.78 is 0. The van der Waals surface area contributed by atoms with Gasteiger partial charge in [0.25, 0.3) is 0 Å². The van der Waals surface area contributed by atoms with Crippen molar-refractivity contribution in [2.45, 2.75) is 0 Å². The molecule has 0 aliphatic rings. The zero-order valence-electron chi connectivity index (χ0n) is 11.6. The largest absolute Gasteiger partial charge is 0.507 e. The summed E-state index contributed by atoms with van der Waals surface area (Å²) >= 11 is 0. The molecule has 102 valence electrons. The van der Waals surface area contributed by atoms with E-state index in [1.165, 1.54) is 6.08 Å². The molecule has 1 N–H and O–H groups in total. The highest BCUT2D eigenvalue weighted by Gasteiger charge is 2.09. The molecule has 0 unspecified atom stereocenters. The molecule has 0 aliphatic heterocycles. The molecule has 0 amide bonds. The molecule has 0 aliphatic carbocycles. The minimum absolute atomic E-state index is 0.000223. The third-order valence-electron chi connectivity index (χ3n) is 2.89. The Morgan fingerprint density at radius 1 is 1.05 bits per heavy atom. The number of ketones is 1. The summed E-state index contributed by atoms with van der Waals surface area (Å²) in [5.41, 5.74) is 2.20. The van der Waals surface area contributed by atoms with E-state index in [1.54, 1.807) is 23.2 Å². The van der Waals surface area contributed by atoms with E-state index in [9.17, 15) is 9.90 Å². The molecule has 2 aromatic carbocycles. The summed E-state index contributed by atoms with van der Waals surface area (Å²) in [6, 6.07) is 14.8. The van der Waals surface area contributed by atoms with Crippen molar-refractivity contribution < 1.29 is 9.90 Å². The summed E-state index contributed by atoms with van der Waals surface area (Å²) in [7, 11) is 3.67. The maximum atomic E-state index is 11.9. The molecule has 0 fully saturated rings. The van der Waals surface area contributed by atoms with Crippen molar-refractivity contribution in [2.75, 3.05) is 14.1 Å². The summed E-state index contributed by atoms with van der Waals surface area (Å²) in [5.74, 6) is -0.212. The van der Waals surface area contributed by atoms with E-state index in [1.807, 2.05) is 50.5 Å². The van der Waals surface area contributed by atoms with Gasteiger partial charge in [-0.25, -0.2) is 0 Å². The van der Waals surface area contributed by atoms with Gasteiger partial charge in [-0.05, 0) is 23.3 Å². The van der Waals surface area contributed by atoms with Gasteiger partial charge < -0.3 is 10.0 Å². The van der Waals surface area contributed by atoms with Crippen LogP contribution >= 0.6 is 0 Å². The Hall–Kier alpha value is -2.55. The first-order valence-corrected chi connectivity index (χ1v) is 6.35. The normalized spacial score (nSPS) is 10.7. The zero-order chi connectivity index (χ0) is 14.5. The van der Waals surface area contributed by atoms with E-state index in [0.29, 0.717) is 5.56 Å². The molecule has 3 heteroatoms. The first kappa shape index (κ1) is 13.9. The Balaban J connectivity index is 2.29. The average molecular weight is 267 g/mol. The molecule has 0 saturated carbocycles. The smallest absolute Gasteiger partial charge is 0.190 e. The number of allylic oxidation sites excluding steroid dienone is 1. The van der Waals surface area contributed by atoms with Gasteiger partial charge in [-0.1, -0.05) is 36.4 Å². The second kappa shape index (κ2) is 6.06. The number of rotatable bonds is 4. The van der Waals surface area contributed by atoms with Crippen molar-refractivity contribution in [1.29, 1.82) is 0 Å². The first-order valence-electron chi connectivity index (χ1n) is 6.35. The minimum Gasteiger partial charge on any atom is -0.507 e. The number of phenolic OH excluding ortho intramolecular Hbond substituents is 1. The molecular formula is C17H17NO2. The molecule has 0 radical (unpaired) electrons. The number of carbonyl (C=O) groups excluding carboxylic acids is 1. The van der Waals surface area contributed by atoms with Gasteiger partial charge in [0, 0.05) is 26.4 Å². The van der Waals surface area contributed by atoms with Gasteiger partial charge in [0.2, 0.25) is 0 Å². The number of hydrogen-bond donors (Lipinski definition) is 1. The van der Waals surface area contributed by atoms with E-state index < -0.39 is 0 Å². The Labute approximate surface area is 118 Å². The van der Waals surface area contributed by atoms with Crippen LogP contribution in [0.1, 0.15) is 10.4 Å². The number of benzene rings is 2. The minimum atomic E-state index is -0.212. The van der Waals surface area contributed by atoms with Gasteiger partial charge >= 0.3 is 0 Å². The number of nitrogens with zero attached hydrogens (tertiary/aromatic N) is 1. The lowest BCUT2D eigenvalue weighted by Gasteiger charge is -2.06. The molecule has 0 spiro atoms. The Morgan fingerprint density at radius 2 is 1.75 bits per heavy atom. The Morgan fingerprint density at radius 3 is 2.35 bits per heavy atom. The van der Waals surface area contributed by atoms with Crippen LogP contribution in [0.4, 0.5) is 0 Å². The van der Waals surface area contributed by atoms with E-state index >= 15 is 0 Å². The molecular weight excluding hydrogens is 250 g/mol. The maximum absolute atomic E-state index is 11.9. The summed E-state index contributed by atoms with van der Waals surface area (Å²) in [6.07, 6.45) is 3.10. The highest BCUT2D eigenvalue weighted by molar-refractivity contribution is 6.06. The lowest BCUT2D eigenvalue weighted by molar-refractivity contribution is 0.104. The van der Waals surface area contributed by atoms with Gasteiger partial charge in [-0.2, -0.15) is 0 Å². The van der Waals surface area contributed by atoms with E-state index in [4.69, 9.17) is 0 Å². The van der Waals surface area contributed by atoms with Crippen LogP contribution in [0.25, 0.3) is 11.1 Å². The van der Waals surface area contributed by atoms with Crippen LogP contribution in [-0.4, -0.2) is 29.9 Å². The Kier molecular flexibility index (Phi) is 4.20. The van der Waals surface area contributed by atoms with Gasteiger partial charge in [0.15, 0.2) is 5.78 Å². The van der Waals surface area contributed by atoms with Crippen LogP contribution in [0.15, 0.2) is 60.8 Å². The molecule has 20 heavy (non-hydrogen) atoms. The van der Waals surface area contributed by atoms with Crippen LogP contribution in [0, 0.1) is 0 Å². The van der Waals surface area contributed by atoms with E-state index in [-0.39, 0.29) is 11.5 Å². The summed E-state index contributed by atoms with van der Waals surface area (Å²) in [6.45, 7) is 0. The third-order valence-corrected chi connectivity index (χ3v) is 2.89. The second-order valence-corrected chi connectivity index (χ2v) is 4.74. The fourth-order valence-electron chi connectivity index (χ4n) is 1.86. The summed E-state index contributed by atoms with van der Waals surface area (Å²) in [5, 5.41) is 10.0. The lowest BCUT2D eigenvalue weighted by Crippen LogP contribution is -2.03. The molecule has 0 aromatic heterocycles. The molecule has 2 rings (SSSR count). The van der Waals surface area contributed by atoms with Crippen LogP contribution in [0.2, 0.25) is 0 Å². The summed E-state index contributed by atoms with van der Waals surface area (Å²) in [4.78, 5) is 13.7. The number of aromatic hydroxyl groups is 1. The van der Waals surface area contributed by atoms with E-state index in [2.05, 4.69) is 0 Å². The lowest BCUT2D eigenvalue weighted by atomic mass is 10.0. The SMILES string of the molecule is CN(C)/C=C/C(=O)c1ccc(-c2ccccc2)cc1O. The molecule has 0 heterocycles. The van der Waals surface area contributed by atoms with Crippen LogP contribution in [0.3, 0.4) is 0 Å². The monoisotopic (exact) mass is 267 g/mol. The molecule has 0 atom stereocenters. The fourth-order valence-corrected chi connectivity index (χ4v) is 1.86. The van der Waals surface area contributed by atoms with Crippen LogP contribution < -0.4 is 0 Å². The molecule has 0 bridgehead atoms. The second-order valence-electron chi connectivity index (χ2n) is 4.74. The topological polar surface area (TPSA) is 40.5 Å². The standard InChI is InChI=1S/C17H17NO2/c1-18(2)11-10-16(19)15-9-8-14(12-17(15)20)13-6-4-3-5-7-13/h3-12,20H,1-2H3/b11-10+. The van der Waals surface area contributed by atoms with Crippen LogP contribution in [0.5, 0.6) is 5.75 Å². The Bertz CT molecular complexity index is 631. The predicted octanol–water partition coefficient (Wildman–Crippen LogP) is 3.32. The zero-order valence-corrected chi connectivity index (χ0v) is 11.6. The molecule has 3 nitrogen and oxygen atoms in total. The van der Waals surface area contributed by atoms with Gasteiger partial charge in [0.05, 0.1) is 5.56 Å². The van der Waals surface area contributed by atoms with Gasteiger partial charge in [-0.15, -0.1) is 0 Å². The van der Waals surface area contributed by atoms with Crippen molar-refractivity contribution >= 4 is 5.78 Å². The van der Waals surface area contributed by atoms with Crippen molar-refractivity contribution in [3.05, 3.63) is 66.4 Å². The fraction of sp³-hybridized carbons (Fsp3) is 0.118. The van der Waals surface area contributed by atoms with Gasteiger partial charge in [0.1, 0.15) is 5.75 Å². The first-order chi connectivity index (χ1) is 9.58. The van der Waals surface area contributed by atoms with E-state index in [0.717, 1.165) is 11.1 Å². The van der Waals surface area contributed by atoms with Crippen molar-refractivity contribution in [1.82, 2.24) is 4.90 Å². The van der Waals surface area contributed by atoms with Crippen LogP contribution in [-0.2, 0) is 0 Å². The van der Waals surface area contributed by atoms with Crippen molar-refractivity contribution in [2.24, 2.45) is 0 Å². The van der Waals surface area contributed by atoms with Crippen molar-refractivity contribution in [3.63, 3.8) is 0 Å². The quantitative estimate of drug-likeness (QED) is 0.682. The predicted molar refractivity (Wildman–Crippen MR) is 80.7 cm³/mol. The number of hydrogen-bond acceptors (Lipinski definition) is 3. The van der Waals surface area contributed by atoms with Gasteiger partial charge in [-0.3, -0.25) is 4.79 Å². The maximum Gasteiger partial charge on any atom is 0.190 e. The third kappa shape index (κ3) is 3.26. The number of phenols is 1. The number of carbonyl (C=O) groups is 1. The average Bonchev–Trinajstić information content (AvgIpc) is 2.45. The highest BCUT2D eigenvalue weighted by Crippen LogP contribution is 2.26. The highest BCUT2D eigenvalue weighted by atomic mass is 16.3. The van der Waals surface area contributed by atoms with Crippen molar-refractivity contribution in [3.8, 4) is 16.9 Å².